The van der Waals surface area contributed by atoms with Crippen LogP contribution in [-0.4, -0.2) is 59.3 Å². The van der Waals surface area contributed by atoms with Gasteiger partial charge in [0, 0.05) is 37.8 Å². The number of carbonyl (C=O) groups excluding carboxylic acids is 3. The SMILES string of the molecule is COc1ccc(NC(=O)c2cnc(C3CCCN(C(=O)CNC(C)=O)C3)nc2C)cc1. The highest BCUT2D eigenvalue weighted by molar-refractivity contribution is 6.04. The molecule has 0 bridgehead atoms. The van der Waals surface area contributed by atoms with Crippen LogP contribution in [-0.2, 0) is 9.59 Å². The van der Waals surface area contributed by atoms with Gasteiger partial charge in [-0.1, -0.05) is 0 Å². The molecular weight excluding hydrogens is 398 g/mol. The van der Waals surface area contributed by atoms with E-state index >= 15 is 0 Å². The minimum absolute atomic E-state index is 0.00701. The number of rotatable bonds is 6. The number of amides is 3. The summed E-state index contributed by atoms with van der Waals surface area (Å²) in [6.07, 6.45) is 3.23. The second-order valence-corrected chi connectivity index (χ2v) is 7.50. The first-order chi connectivity index (χ1) is 14.9. The molecule has 9 nitrogen and oxygen atoms in total. The van der Waals surface area contributed by atoms with Gasteiger partial charge in [-0.2, -0.15) is 0 Å². The summed E-state index contributed by atoms with van der Waals surface area (Å²) < 4.78 is 5.12. The molecule has 1 aliphatic rings. The molecule has 3 rings (SSSR count). The molecule has 2 aromatic rings. The molecule has 3 amide bonds. The fourth-order valence-electron chi connectivity index (χ4n) is 3.50. The van der Waals surface area contributed by atoms with Gasteiger partial charge in [0.05, 0.1) is 24.9 Å². The summed E-state index contributed by atoms with van der Waals surface area (Å²) in [7, 11) is 1.58. The number of hydrogen-bond donors (Lipinski definition) is 2. The second-order valence-electron chi connectivity index (χ2n) is 7.50. The van der Waals surface area contributed by atoms with Gasteiger partial charge < -0.3 is 20.3 Å². The van der Waals surface area contributed by atoms with Gasteiger partial charge in [0.2, 0.25) is 11.8 Å². The zero-order chi connectivity index (χ0) is 22.4. The maximum atomic E-state index is 12.6. The molecule has 31 heavy (non-hydrogen) atoms. The van der Waals surface area contributed by atoms with Crippen molar-refractivity contribution < 1.29 is 19.1 Å². The van der Waals surface area contributed by atoms with Crippen molar-refractivity contribution in [3.05, 3.63) is 47.5 Å². The molecule has 0 saturated carbocycles. The van der Waals surface area contributed by atoms with Crippen LogP contribution >= 0.6 is 0 Å². The van der Waals surface area contributed by atoms with E-state index in [0.29, 0.717) is 41.6 Å². The molecule has 1 fully saturated rings. The first-order valence-electron chi connectivity index (χ1n) is 10.2. The first-order valence-corrected chi connectivity index (χ1v) is 10.2. The highest BCUT2D eigenvalue weighted by atomic mass is 16.5. The molecule has 1 aromatic carbocycles. The number of benzene rings is 1. The highest BCUT2D eigenvalue weighted by Gasteiger charge is 2.27. The van der Waals surface area contributed by atoms with Crippen molar-refractivity contribution in [1.29, 1.82) is 0 Å². The predicted molar refractivity (Wildman–Crippen MR) is 115 cm³/mol. The molecule has 1 atom stereocenters. The van der Waals surface area contributed by atoms with Crippen LogP contribution in [0.5, 0.6) is 5.75 Å². The highest BCUT2D eigenvalue weighted by Crippen LogP contribution is 2.25. The van der Waals surface area contributed by atoms with Gasteiger partial charge in [-0.3, -0.25) is 14.4 Å². The Morgan fingerprint density at radius 3 is 2.61 bits per heavy atom. The predicted octanol–water partition coefficient (Wildman–Crippen LogP) is 1.89. The van der Waals surface area contributed by atoms with Crippen LogP contribution in [0.4, 0.5) is 5.69 Å². The molecule has 164 valence electrons. The number of carbonyl (C=O) groups is 3. The van der Waals surface area contributed by atoms with Gasteiger partial charge in [-0.15, -0.1) is 0 Å². The quantitative estimate of drug-likeness (QED) is 0.731. The van der Waals surface area contributed by atoms with Gasteiger partial charge in [0.15, 0.2) is 0 Å². The van der Waals surface area contributed by atoms with Crippen LogP contribution in [0.1, 0.15) is 47.6 Å². The van der Waals surface area contributed by atoms with Crippen LogP contribution in [0.2, 0.25) is 0 Å². The number of ether oxygens (including phenoxy) is 1. The normalized spacial score (nSPS) is 15.8. The van der Waals surface area contributed by atoms with Gasteiger partial charge >= 0.3 is 0 Å². The van der Waals surface area contributed by atoms with E-state index in [1.54, 1.807) is 43.2 Å². The van der Waals surface area contributed by atoms with Crippen LogP contribution in [0, 0.1) is 6.92 Å². The molecule has 1 aromatic heterocycles. The third-order valence-corrected chi connectivity index (χ3v) is 5.22. The average Bonchev–Trinajstić information content (AvgIpc) is 2.77. The van der Waals surface area contributed by atoms with E-state index in [9.17, 15) is 14.4 Å². The fraction of sp³-hybridized carbons (Fsp3) is 0.409. The number of nitrogens with one attached hydrogen (secondary N) is 2. The summed E-state index contributed by atoms with van der Waals surface area (Å²) in [4.78, 5) is 46.7. The summed E-state index contributed by atoms with van der Waals surface area (Å²) in [6.45, 7) is 4.30. The minimum Gasteiger partial charge on any atom is -0.497 e. The number of likely N-dealkylation sites (tertiary alicyclic amines) is 1. The Morgan fingerprint density at radius 2 is 1.97 bits per heavy atom. The number of nitrogens with zero attached hydrogens (tertiary/aromatic N) is 3. The van der Waals surface area contributed by atoms with E-state index in [4.69, 9.17) is 4.74 Å². The lowest BCUT2D eigenvalue weighted by Gasteiger charge is -2.32. The molecule has 0 spiro atoms. The van der Waals surface area contributed by atoms with E-state index in [2.05, 4.69) is 20.6 Å². The van der Waals surface area contributed by atoms with Gasteiger partial charge in [-0.25, -0.2) is 9.97 Å². The standard InChI is InChI=1S/C22H27N5O4/c1-14-19(22(30)26-17-6-8-18(31-3)9-7-17)11-24-21(25-14)16-5-4-10-27(13-16)20(29)12-23-15(2)28/h6-9,11,16H,4-5,10,12-13H2,1-3H3,(H,23,28)(H,26,30). The van der Waals surface area contributed by atoms with Gasteiger partial charge in [0.25, 0.3) is 5.91 Å². The van der Waals surface area contributed by atoms with Crippen molar-refractivity contribution in [2.24, 2.45) is 0 Å². The van der Waals surface area contributed by atoms with E-state index in [-0.39, 0.29) is 30.2 Å². The zero-order valence-electron chi connectivity index (χ0n) is 18.0. The van der Waals surface area contributed by atoms with Crippen LogP contribution in [0.3, 0.4) is 0 Å². The second kappa shape index (κ2) is 10.0. The summed E-state index contributed by atoms with van der Waals surface area (Å²) in [5.74, 6) is 0.684. The minimum atomic E-state index is -0.287. The smallest absolute Gasteiger partial charge is 0.259 e. The van der Waals surface area contributed by atoms with E-state index in [1.165, 1.54) is 13.1 Å². The molecule has 1 aliphatic heterocycles. The Balaban J connectivity index is 1.65. The molecule has 0 aliphatic carbocycles. The molecule has 1 unspecified atom stereocenters. The molecule has 1 saturated heterocycles. The summed E-state index contributed by atoms with van der Waals surface area (Å²) in [6, 6.07) is 7.06. The summed E-state index contributed by atoms with van der Waals surface area (Å²) in [5.41, 5.74) is 1.63. The number of anilines is 1. The van der Waals surface area contributed by atoms with E-state index in [1.807, 2.05) is 0 Å². The number of aryl methyl sites for hydroxylation is 1. The summed E-state index contributed by atoms with van der Waals surface area (Å²) >= 11 is 0. The Hall–Kier alpha value is -3.49. The van der Waals surface area contributed by atoms with Crippen LogP contribution in [0.25, 0.3) is 0 Å². The third kappa shape index (κ3) is 5.78. The van der Waals surface area contributed by atoms with Gasteiger partial charge in [-0.05, 0) is 44.0 Å². The lowest BCUT2D eigenvalue weighted by Crippen LogP contribution is -2.44. The Labute approximate surface area is 181 Å². The maximum absolute atomic E-state index is 12.6. The fourth-order valence-corrected chi connectivity index (χ4v) is 3.50. The number of piperidine rings is 1. The maximum Gasteiger partial charge on any atom is 0.259 e. The van der Waals surface area contributed by atoms with E-state index in [0.717, 1.165) is 12.8 Å². The Kier molecular flexibility index (Phi) is 7.17. The molecule has 9 heteroatoms. The molecule has 0 radical (unpaired) electrons. The average molecular weight is 425 g/mol. The number of aromatic nitrogens is 2. The monoisotopic (exact) mass is 425 g/mol. The molecule has 2 N–H and O–H groups in total. The lowest BCUT2D eigenvalue weighted by atomic mass is 9.96. The molecular formula is C22H27N5O4. The topological polar surface area (TPSA) is 114 Å². The Bertz CT molecular complexity index is 961. The van der Waals surface area contributed by atoms with Crippen molar-refractivity contribution in [3.63, 3.8) is 0 Å². The van der Waals surface area contributed by atoms with Crippen molar-refractivity contribution in [3.8, 4) is 5.75 Å². The van der Waals surface area contributed by atoms with Crippen LogP contribution < -0.4 is 15.4 Å². The largest absolute Gasteiger partial charge is 0.497 e. The van der Waals surface area contributed by atoms with Gasteiger partial charge in [0.1, 0.15) is 11.6 Å². The first kappa shape index (κ1) is 22.2. The number of hydrogen-bond acceptors (Lipinski definition) is 6. The van der Waals surface area contributed by atoms with E-state index < -0.39 is 0 Å². The van der Waals surface area contributed by atoms with Crippen molar-refractivity contribution in [1.82, 2.24) is 20.2 Å². The zero-order valence-corrected chi connectivity index (χ0v) is 18.0. The van der Waals surface area contributed by atoms with Crippen molar-refractivity contribution >= 4 is 23.4 Å². The number of methoxy groups -OCH3 is 1. The van der Waals surface area contributed by atoms with Crippen LogP contribution in [0.15, 0.2) is 30.5 Å². The summed E-state index contributed by atoms with van der Waals surface area (Å²) in [5, 5.41) is 5.37. The molecule has 2 heterocycles. The lowest BCUT2D eigenvalue weighted by molar-refractivity contribution is -0.133. The van der Waals surface area contributed by atoms with Crippen molar-refractivity contribution in [2.75, 3.05) is 32.1 Å². The van der Waals surface area contributed by atoms with Crippen molar-refractivity contribution in [2.45, 2.75) is 32.6 Å². The Morgan fingerprint density at radius 1 is 1.23 bits per heavy atom. The third-order valence-electron chi connectivity index (χ3n) is 5.22.